The fourth-order valence-corrected chi connectivity index (χ4v) is 5.90. The average molecular weight is 515 g/mol. The molecule has 1 fully saturated rings. The largest absolute Gasteiger partial charge is 0.502 e. The lowest BCUT2D eigenvalue weighted by Gasteiger charge is -2.39. The fraction of sp³-hybridized carbons (Fsp3) is 0.310. The van der Waals surface area contributed by atoms with Crippen LogP contribution in [-0.2, 0) is 16.1 Å². The third-order valence-electron chi connectivity index (χ3n) is 7.63. The number of fused-ring (bicyclic) bond motifs is 3. The third kappa shape index (κ3) is 3.85. The number of nitrogens with zero attached hydrogens (tertiary/aromatic N) is 1. The molecule has 0 bridgehead atoms. The van der Waals surface area contributed by atoms with Gasteiger partial charge in [0.05, 0.1) is 38.4 Å². The number of phenolic OH excluding ortho intramolecular Hbond substituents is 1. The van der Waals surface area contributed by atoms with Crippen molar-refractivity contribution in [2.45, 2.75) is 18.5 Å². The van der Waals surface area contributed by atoms with Crippen LogP contribution in [0.5, 0.6) is 28.7 Å². The van der Waals surface area contributed by atoms with Gasteiger partial charge in [-0.1, -0.05) is 12.1 Å². The molecule has 2 aliphatic heterocycles. The number of aromatic hydroxyl groups is 1. The third-order valence-corrected chi connectivity index (χ3v) is 7.63. The smallest absolute Gasteiger partial charge is 0.310 e. The zero-order valence-electron chi connectivity index (χ0n) is 20.9. The highest BCUT2D eigenvalue weighted by atomic mass is 16.7. The Morgan fingerprint density at radius 3 is 2.42 bits per heavy atom. The molecule has 0 spiro atoms. The lowest BCUT2D eigenvalue weighted by atomic mass is 9.65. The fourth-order valence-electron chi connectivity index (χ4n) is 5.90. The summed E-state index contributed by atoms with van der Waals surface area (Å²) in [5.41, 5.74) is 4.17. The maximum atomic E-state index is 13.3. The summed E-state index contributed by atoms with van der Waals surface area (Å²) in [6, 6.07) is 16.8. The first kappa shape index (κ1) is 23.9. The zero-order valence-corrected chi connectivity index (χ0v) is 20.9. The van der Waals surface area contributed by atoms with Gasteiger partial charge in [-0.25, -0.2) is 0 Å². The molecule has 0 aromatic heterocycles. The van der Waals surface area contributed by atoms with E-state index in [4.69, 9.17) is 23.7 Å². The van der Waals surface area contributed by atoms with E-state index in [9.17, 15) is 15.2 Å². The molecule has 9 heteroatoms. The number of rotatable bonds is 6. The van der Waals surface area contributed by atoms with Gasteiger partial charge < -0.3 is 34.1 Å². The predicted molar refractivity (Wildman–Crippen MR) is 134 cm³/mol. The number of nitrogens with one attached hydrogen (secondary N) is 1. The number of ether oxygens (including phenoxy) is 5. The molecule has 0 unspecified atom stereocenters. The molecule has 9 nitrogen and oxygen atoms in total. The molecule has 3 aromatic rings. The molecule has 3 aromatic carbocycles. The molecule has 2 N–H and O–H groups in total. The molecule has 1 aliphatic carbocycles. The Balaban J connectivity index is 1.48. The highest BCUT2D eigenvalue weighted by molar-refractivity contribution is 5.79. The number of cyclic esters (lactones) is 1. The molecule has 0 amide bonds. The summed E-state index contributed by atoms with van der Waals surface area (Å²) in [5.74, 6) is 0.294. The Hall–Kier alpha value is -4.42. The molecule has 6 rings (SSSR count). The minimum atomic E-state index is -0.496. The normalized spacial score (nSPS) is 22.7. The van der Waals surface area contributed by atoms with Gasteiger partial charge in [0, 0.05) is 24.4 Å². The number of carbonyl (C=O) groups is 1. The second-order valence-corrected chi connectivity index (χ2v) is 9.58. The second-order valence-electron chi connectivity index (χ2n) is 9.58. The summed E-state index contributed by atoms with van der Waals surface area (Å²) in [5, 5.41) is 23.4. The van der Waals surface area contributed by atoms with Crippen LogP contribution in [0.25, 0.3) is 0 Å². The van der Waals surface area contributed by atoms with Crippen LogP contribution in [0.1, 0.15) is 39.8 Å². The topological polar surface area (TPSA) is 119 Å². The first-order valence-electron chi connectivity index (χ1n) is 12.3. The Morgan fingerprint density at radius 2 is 1.74 bits per heavy atom. The van der Waals surface area contributed by atoms with Gasteiger partial charge in [-0.15, -0.1) is 0 Å². The standard InChI is InChI=1S/C29H26N2O7/c1-34-23-7-17(8-24(35-2)28(23)32)25-18-9-21-22(38-14-37-21)10-19(18)27(20-13-36-29(33)26(20)25)31-12-16-5-3-4-15(6-16)11-30/h3-10,20,25-27,31-32H,12-14H2,1-2H3/t20-,25+,26-,27+/m0/s1. The zero-order chi connectivity index (χ0) is 26.4. The van der Waals surface area contributed by atoms with E-state index in [0.717, 1.165) is 22.3 Å². The lowest BCUT2D eigenvalue weighted by molar-refractivity contribution is -0.141. The van der Waals surface area contributed by atoms with E-state index >= 15 is 0 Å². The number of hydrogen-bond donors (Lipinski definition) is 2. The number of hydrogen-bond acceptors (Lipinski definition) is 9. The van der Waals surface area contributed by atoms with E-state index in [-0.39, 0.29) is 48.6 Å². The summed E-state index contributed by atoms with van der Waals surface area (Å²) in [6.45, 7) is 0.880. The van der Waals surface area contributed by atoms with Gasteiger partial charge in [0.15, 0.2) is 23.0 Å². The summed E-state index contributed by atoms with van der Waals surface area (Å²) in [6.07, 6.45) is 0. The number of phenols is 1. The lowest BCUT2D eigenvalue weighted by Crippen LogP contribution is -2.40. The molecule has 4 atom stereocenters. The van der Waals surface area contributed by atoms with Gasteiger partial charge in [0.1, 0.15) is 0 Å². The SMILES string of the molecule is COc1cc([C@@H]2c3cc4c(cc3[C@@H](NCc3cccc(C#N)c3)[C@H]3COC(=O)[C@H]23)OCO4)cc(OC)c1O. The first-order valence-corrected chi connectivity index (χ1v) is 12.3. The maximum Gasteiger partial charge on any atom is 0.310 e. The van der Waals surface area contributed by atoms with Crippen molar-refractivity contribution in [3.63, 3.8) is 0 Å². The molecule has 3 aliphatic rings. The van der Waals surface area contributed by atoms with Gasteiger partial charge in [0.25, 0.3) is 0 Å². The first-order chi connectivity index (χ1) is 18.5. The van der Waals surface area contributed by atoms with Gasteiger partial charge >= 0.3 is 5.97 Å². The van der Waals surface area contributed by atoms with Crippen molar-refractivity contribution in [3.05, 3.63) is 76.3 Å². The molecular formula is C29H26N2O7. The van der Waals surface area contributed by atoms with E-state index < -0.39 is 11.8 Å². The molecule has 194 valence electrons. The summed E-state index contributed by atoms with van der Waals surface area (Å²) >= 11 is 0. The summed E-state index contributed by atoms with van der Waals surface area (Å²) in [4.78, 5) is 13.3. The van der Waals surface area contributed by atoms with Crippen LogP contribution in [-0.4, -0.2) is 38.7 Å². The van der Waals surface area contributed by atoms with E-state index in [0.29, 0.717) is 23.6 Å². The predicted octanol–water partition coefficient (Wildman–Crippen LogP) is 3.78. The van der Waals surface area contributed by atoms with Gasteiger partial charge in [0.2, 0.25) is 12.5 Å². The highest BCUT2D eigenvalue weighted by Crippen LogP contribution is 2.55. The molecular weight excluding hydrogens is 488 g/mol. The quantitative estimate of drug-likeness (QED) is 0.474. The van der Waals surface area contributed by atoms with Crippen molar-refractivity contribution >= 4 is 5.97 Å². The second kappa shape index (κ2) is 9.47. The van der Waals surface area contributed by atoms with Crippen molar-refractivity contribution in [3.8, 4) is 34.8 Å². The van der Waals surface area contributed by atoms with E-state index in [1.165, 1.54) is 14.2 Å². The average Bonchev–Trinajstić information content (AvgIpc) is 3.56. The van der Waals surface area contributed by atoms with E-state index in [1.54, 1.807) is 18.2 Å². The summed E-state index contributed by atoms with van der Waals surface area (Å²) in [7, 11) is 2.94. The number of methoxy groups -OCH3 is 2. The van der Waals surface area contributed by atoms with Crippen molar-refractivity contribution in [1.29, 1.82) is 5.26 Å². The monoisotopic (exact) mass is 514 g/mol. The van der Waals surface area contributed by atoms with Crippen LogP contribution in [0.4, 0.5) is 0 Å². The van der Waals surface area contributed by atoms with Crippen molar-refractivity contribution in [1.82, 2.24) is 5.32 Å². The van der Waals surface area contributed by atoms with Crippen LogP contribution in [0.3, 0.4) is 0 Å². The molecule has 2 heterocycles. The maximum absolute atomic E-state index is 13.3. The van der Waals surface area contributed by atoms with Gasteiger partial charge in [-0.3, -0.25) is 4.79 Å². The number of carbonyl (C=O) groups excluding carboxylic acids is 1. The number of benzene rings is 3. The number of nitriles is 1. The minimum Gasteiger partial charge on any atom is -0.502 e. The van der Waals surface area contributed by atoms with Crippen LogP contribution < -0.4 is 24.3 Å². The molecule has 1 saturated heterocycles. The molecule has 38 heavy (non-hydrogen) atoms. The highest BCUT2D eigenvalue weighted by Gasteiger charge is 2.52. The van der Waals surface area contributed by atoms with Gasteiger partial charge in [-0.2, -0.15) is 5.26 Å². The number of esters is 1. The van der Waals surface area contributed by atoms with Crippen LogP contribution in [0.15, 0.2) is 48.5 Å². The van der Waals surface area contributed by atoms with Crippen molar-refractivity contribution in [2.24, 2.45) is 11.8 Å². The van der Waals surface area contributed by atoms with E-state index in [1.807, 2.05) is 30.3 Å². The Labute approximate surface area is 219 Å². The Bertz CT molecular complexity index is 1440. The Morgan fingerprint density at radius 1 is 1.03 bits per heavy atom. The summed E-state index contributed by atoms with van der Waals surface area (Å²) < 4.78 is 27.9. The molecule has 0 radical (unpaired) electrons. The minimum absolute atomic E-state index is 0.106. The van der Waals surface area contributed by atoms with Crippen LogP contribution >= 0.6 is 0 Å². The Kier molecular flexibility index (Phi) is 5.97. The van der Waals surface area contributed by atoms with Crippen LogP contribution in [0.2, 0.25) is 0 Å². The van der Waals surface area contributed by atoms with Gasteiger partial charge in [-0.05, 0) is 58.7 Å². The van der Waals surface area contributed by atoms with E-state index in [2.05, 4.69) is 11.4 Å². The van der Waals surface area contributed by atoms with Crippen molar-refractivity contribution in [2.75, 3.05) is 27.6 Å². The van der Waals surface area contributed by atoms with Crippen LogP contribution in [0, 0.1) is 23.2 Å². The molecule has 0 saturated carbocycles. The van der Waals surface area contributed by atoms with Crippen molar-refractivity contribution < 1.29 is 33.6 Å².